The molecule has 2 rings (SSSR count). The number of nitrogens with two attached hydrogens (primary N) is 1. The molecule has 1 fully saturated rings. The van der Waals surface area contributed by atoms with Crippen LogP contribution in [0.4, 0.5) is 0 Å². The van der Waals surface area contributed by atoms with Crippen molar-refractivity contribution in [2.45, 2.75) is 31.2 Å². The number of aryl methyl sites for hydroxylation is 1. The Morgan fingerprint density at radius 1 is 1.42 bits per heavy atom. The summed E-state index contributed by atoms with van der Waals surface area (Å²) in [6.07, 6.45) is 0.815. The number of rotatable bonds is 2. The van der Waals surface area contributed by atoms with Gasteiger partial charge in [-0.2, -0.15) is 4.31 Å². The third-order valence-corrected chi connectivity index (χ3v) is 6.50. The molecule has 1 heterocycles. The Bertz CT molecular complexity index is 574. The van der Waals surface area contributed by atoms with E-state index in [0.717, 1.165) is 16.5 Å². The second-order valence-corrected chi connectivity index (χ2v) is 8.00. The Morgan fingerprint density at radius 3 is 2.68 bits per heavy atom. The number of halogens is 1. The topological polar surface area (TPSA) is 63.4 Å². The molecule has 0 amide bonds. The van der Waals surface area contributed by atoms with E-state index < -0.39 is 10.0 Å². The minimum Gasteiger partial charge on any atom is -0.326 e. The minimum absolute atomic E-state index is 0.0833. The Kier molecular flexibility index (Phi) is 4.35. The van der Waals surface area contributed by atoms with E-state index in [-0.39, 0.29) is 6.04 Å². The van der Waals surface area contributed by atoms with Crippen LogP contribution in [0.1, 0.15) is 18.9 Å². The van der Waals surface area contributed by atoms with Gasteiger partial charge < -0.3 is 5.73 Å². The number of piperidine rings is 1. The molecular weight excluding hydrogens is 328 g/mol. The van der Waals surface area contributed by atoms with Crippen LogP contribution in [-0.2, 0) is 10.0 Å². The van der Waals surface area contributed by atoms with Gasteiger partial charge in [0.05, 0.1) is 4.90 Å². The van der Waals surface area contributed by atoms with Crippen molar-refractivity contribution in [2.24, 2.45) is 11.7 Å². The van der Waals surface area contributed by atoms with Gasteiger partial charge in [0.1, 0.15) is 0 Å². The van der Waals surface area contributed by atoms with E-state index in [1.807, 2.05) is 6.92 Å². The summed E-state index contributed by atoms with van der Waals surface area (Å²) in [5.41, 5.74) is 6.90. The van der Waals surface area contributed by atoms with E-state index in [1.165, 1.54) is 4.31 Å². The predicted octanol–water partition coefficient (Wildman–Crippen LogP) is 2.12. The summed E-state index contributed by atoms with van der Waals surface area (Å²) < 4.78 is 27.5. The van der Waals surface area contributed by atoms with Crippen LogP contribution in [0.15, 0.2) is 27.6 Å². The van der Waals surface area contributed by atoms with Crippen molar-refractivity contribution in [1.29, 1.82) is 0 Å². The summed E-state index contributed by atoms with van der Waals surface area (Å²) >= 11 is 3.38. The molecule has 2 atom stereocenters. The van der Waals surface area contributed by atoms with Gasteiger partial charge in [0.15, 0.2) is 0 Å². The highest BCUT2D eigenvalue weighted by Crippen LogP contribution is 2.25. The predicted molar refractivity (Wildman–Crippen MR) is 79.4 cm³/mol. The van der Waals surface area contributed by atoms with Crippen LogP contribution in [0.25, 0.3) is 0 Å². The lowest BCUT2D eigenvalue weighted by molar-refractivity contribution is 0.253. The van der Waals surface area contributed by atoms with Gasteiger partial charge >= 0.3 is 0 Å². The molecule has 1 aromatic rings. The molecule has 2 unspecified atom stereocenters. The fourth-order valence-corrected chi connectivity index (χ4v) is 4.04. The van der Waals surface area contributed by atoms with E-state index in [0.29, 0.717) is 23.9 Å². The molecule has 0 spiro atoms. The molecule has 19 heavy (non-hydrogen) atoms. The van der Waals surface area contributed by atoms with Crippen molar-refractivity contribution < 1.29 is 8.42 Å². The van der Waals surface area contributed by atoms with Crippen LogP contribution in [0.2, 0.25) is 0 Å². The Labute approximate surface area is 123 Å². The second-order valence-electron chi connectivity index (χ2n) is 5.20. The fourth-order valence-electron chi connectivity index (χ4n) is 2.21. The van der Waals surface area contributed by atoms with Gasteiger partial charge in [0.25, 0.3) is 0 Å². The lowest BCUT2D eigenvalue weighted by Crippen LogP contribution is -2.49. The van der Waals surface area contributed by atoms with Crippen molar-refractivity contribution in [2.75, 3.05) is 13.1 Å². The Morgan fingerprint density at radius 2 is 2.11 bits per heavy atom. The standard InChI is InChI=1S/C13H19BrN2O2S/c1-9-5-6-16(8-13(9)15)19(17,18)11-3-4-12(14)10(2)7-11/h3-4,7,9,13H,5-6,8,15H2,1-2H3. The van der Waals surface area contributed by atoms with E-state index in [9.17, 15) is 8.42 Å². The summed E-state index contributed by atoms with van der Waals surface area (Å²) in [6, 6.07) is 5.02. The molecule has 0 aromatic heterocycles. The summed E-state index contributed by atoms with van der Waals surface area (Å²) in [6.45, 7) is 4.90. The molecule has 0 aliphatic carbocycles. The maximum atomic E-state index is 12.6. The van der Waals surface area contributed by atoms with Crippen LogP contribution in [0.5, 0.6) is 0 Å². The first kappa shape index (κ1) is 15.0. The zero-order valence-electron chi connectivity index (χ0n) is 11.1. The van der Waals surface area contributed by atoms with Gasteiger partial charge in [0, 0.05) is 23.6 Å². The lowest BCUT2D eigenvalue weighted by Gasteiger charge is -2.34. The van der Waals surface area contributed by atoms with Crippen LogP contribution in [0.3, 0.4) is 0 Å². The first-order chi connectivity index (χ1) is 8.82. The maximum Gasteiger partial charge on any atom is 0.243 e. The molecule has 0 radical (unpaired) electrons. The van der Waals surface area contributed by atoms with Gasteiger partial charge in [-0.1, -0.05) is 22.9 Å². The summed E-state index contributed by atoms with van der Waals surface area (Å²) in [4.78, 5) is 0.343. The molecule has 0 bridgehead atoms. The average molecular weight is 347 g/mol. The normalized spacial score (nSPS) is 25.5. The number of sulfonamides is 1. The molecule has 1 aliphatic rings. The van der Waals surface area contributed by atoms with Crippen molar-refractivity contribution >= 4 is 26.0 Å². The van der Waals surface area contributed by atoms with Gasteiger partial charge in [-0.25, -0.2) is 8.42 Å². The molecular formula is C13H19BrN2O2S. The smallest absolute Gasteiger partial charge is 0.243 e. The zero-order valence-corrected chi connectivity index (χ0v) is 13.5. The third kappa shape index (κ3) is 3.02. The summed E-state index contributed by atoms with van der Waals surface area (Å²) in [5, 5.41) is 0. The maximum absolute atomic E-state index is 12.6. The minimum atomic E-state index is -3.43. The van der Waals surface area contributed by atoms with Gasteiger partial charge in [-0.05, 0) is 43.0 Å². The molecule has 1 saturated heterocycles. The summed E-state index contributed by atoms with van der Waals surface area (Å²) in [7, 11) is -3.43. The molecule has 106 valence electrons. The van der Waals surface area contributed by atoms with Gasteiger partial charge in [-0.15, -0.1) is 0 Å². The molecule has 4 nitrogen and oxygen atoms in total. The number of benzene rings is 1. The van der Waals surface area contributed by atoms with Crippen LogP contribution in [-0.4, -0.2) is 31.9 Å². The lowest BCUT2D eigenvalue weighted by atomic mass is 9.96. The molecule has 0 saturated carbocycles. The third-order valence-electron chi connectivity index (χ3n) is 3.75. The Balaban J connectivity index is 2.29. The second kappa shape index (κ2) is 5.52. The zero-order chi connectivity index (χ0) is 14.2. The van der Waals surface area contributed by atoms with E-state index in [4.69, 9.17) is 5.73 Å². The fraction of sp³-hybridized carbons (Fsp3) is 0.538. The van der Waals surface area contributed by atoms with Gasteiger partial charge in [0.2, 0.25) is 10.0 Å². The van der Waals surface area contributed by atoms with Crippen LogP contribution in [0, 0.1) is 12.8 Å². The van der Waals surface area contributed by atoms with E-state index in [1.54, 1.807) is 18.2 Å². The Hall–Kier alpha value is -0.430. The first-order valence-electron chi connectivity index (χ1n) is 6.34. The first-order valence-corrected chi connectivity index (χ1v) is 8.57. The quantitative estimate of drug-likeness (QED) is 0.891. The number of hydrogen-bond acceptors (Lipinski definition) is 3. The van der Waals surface area contributed by atoms with Crippen molar-refractivity contribution in [3.8, 4) is 0 Å². The number of nitrogens with zero attached hydrogens (tertiary/aromatic N) is 1. The SMILES string of the molecule is Cc1cc(S(=O)(=O)N2CCC(C)C(N)C2)ccc1Br. The van der Waals surface area contributed by atoms with E-state index >= 15 is 0 Å². The highest BCUT2D eigenvalue weighted by Gasteiger charge is 2.32. The van der Waals surface area contributed by atoms with Crippen LogP contribution >= 0.6 is 15.9 Å². The highest BCUT2D eigenvalue weighted by molar-refractivity contribution is 9.10. The molecule has 1 aromatic carbocycles. The number of hydrogen-bond donors (Lipinski definition) is 1. The van der Waals surface area contributed by atoms with E-state index in [2.05, 4.69) is 22.9 Å². The average Bonchev–Trinajstić information content (AvgIpc) is 2.35. The van der Waals surface area contributed by atoms with Gasteiger partial charge in [-0.3, -0.25) is 0 Å². The van der Waals surface area contributed by atoms with Crippen molar-refractivity contribution in [3.63, 3.8) is 0 Å². The van der Waals surface area contributed by atoms with Crippen molar-refractivity contribution in [1.82, 2.24) is 4.31 Å². The monoisotopic (exact) mass is 346 g/mol. The molecule has 1 aliphatic heterocycles. The van der Waals surface area contributed by atoms with Crippen molar-refractivity contribution in [3.05, 3.63) is 28.2 Å². The molecule has 6 heteroatoms. The highest BCUT2D eigenvalue weighted by atomic mass is 79.9. The van der Waals surface area contributed by atoms with Crippen LogP contribution < -0.4 is 5.73 Å². The largest absolute Gasteiger partial charge is 0.326 e. The summed E-state index contributed by atoms with van der Waals surface area (Å²) in [5.74, 6) is 0.373. The molecule has 2 N–H and O–H groups in total.